The summed E-state index contributed by atoms with van der Waals surface area (Å²) in [7, 11) is 0.276. The van der Waals surface area contributed by atoms with Crippen molar-refractivity contribution < 1.29 is 28.7 Å². The molecule has 0 fully saturated rings. The number of rotatable bonds is 26. The van der Waals surface area contributed by atoms with Gasteiger partial charge in [0.05, 0.1) is 19.8 Å². The second-order valence-electron chi connectivity index (χ2n) is 9.41. The van der Waals surface area contributed by atoms with Crippen molar-refractivity contribution in [3.8, 4) is 0 Å². The predicted molar refractivity (Wildman–Crippen MR) is 147 cm³/mol. The minimum Gasteiger partial charge on any atom is -0.464 e. The summed E-state index contributed by atoms with van der Waals surface area (Å²) < 4.78 is 26.7. The quantitative estimate of drug-likeness (QED) is 0.0520. The van der Waals surface area contributed by atoms with Gasteiger partial charge in [-0.2, -0.15) is 11.8 Å². The van der Waals surface area contributed by atoms with Crippen molar-refractivity contribution in [3.05, 3.63) is 0 Å². The zero-order valence-corrected chi connectivity index (χ0v) is 24.6. The number of carbonyl (C=O) groups is 1. The van der Waals surface area contributed by atoms with E-state index in [0.29, 0.717) is 18.3 Å². The van der Waals surface area contributed by atoms with Crippen LogP contribution in [0.3, 0.4) is 0 Å². The Kier molecular flexibility index (Phi) is 24.0. The number of hydrogen-bond acceptors (Lipinski definition) is 7. The van der Waals surface area contributed by atoms with Crippen molar-refractivity contribution in [1.29, 1.82) is 0 Å². The number of aliphatic hydroxyl groups is 1. The topological polar surface area (TPSA) is 82.1 Å². The second kappa shape index (κ2) is 24.2. The van der Waals surface area contributed by atoms with E-state index in [4.69, 9.17) is 9.47 Å². The highest BCUT2D eigenvalue weighted by Gasteiger charge is 2.40. The number of unbranched alkanes of at least 4 members (excludes halogenated alkanes) is 12. The molecule has 3 atom stereocenters. The summed E-state index contributed by atoms with van der Waals surface area (Å²) in [5, 5.41) is 10.4. The molecule has 0 bridgehead atoms. The summed E-state index contributed by atoms with van der Waals surface area (Å²) in [6.07, 6.45) is 20.3. The van der Waals surface area contributed by atoms with Gasteiger partial charge in [0, 0.05) is 11.9 Å². The Bertz CT molecular complexity index is 510. The van der Waals surface area contributed by atoms with Gasteiger partial charge in [0.25, 0.3) is 0 Å². The number of thioether (sulfide) groups is 1. The lowest BCUT2D eigenvalue weighted by Gasteiger charge is -2.24. The molecule has 0 heterocycles. The van der Waals surface area contributed by atoms with Crippen LogP contribution in [0.1, 0.15) is 124 Å². The molecular weight excluding hydrogens is 483 g/mol. The third kappa shape index (κ3) is 18.7. The molecular formula is C27H53O6PS. The van der Waals surface area contributed by atoms with Crippen molar-refractivity contribution in [2.75, 3.05) is 26.1 Å². The standard InChI is InChI=1S/C27H53O6PS/c1-5-7-9-11-12-13-14-16-18-23-35-25(20-17-15-10-8-6-2)24(3)32-21-19-22-33-27(29,34-30)26(28)31-4/h24-25,29H,5-23H2,1-4H3. The van der Waals surface area contributed by atoms with Crippen LogP contribution in [0.25, 0.3) is 0 Å². The lowest BCUT2D eigenvalue weighted by Crippen LogP contribution is -2.37. The normalized spacial score (nSPS) is 15.1. The maximum Gasteiger partial charge on any atom is 0.379 e. The average Bonchev–Trinajstić information content (AvgIpc) is 2.87. The number of ether oxygens (including phenoxy) is 3. The molecule has 0 aromatic rings. The van der Waals surface area contributed by atoms with Gasteiger partial charge in [0.1, 0.15) is 0 Å². The van der Waals surface area contributed by atoms with Crippen LogP contribution < -0.4 is 0 Å². The molecule has 0 saturated heterocycles. The van der Waals surface area contributed by atoms with Gasteiger partial charge < -0.3 is 19.3 Å². The number of hydrogen-bond donors (Lipinski definition) is 1. The molecule has 0 aromatic carbocycles. The molecule has 0 aliphatic carbocycles. The van der Waals surface area contributed by atoms with Crippen molar-refractivity contribution in [3.63, 3.8) is 0 Å². The third-order valence-corrected chi connectivity index (χ3v) is 8.37. The van der Waals surface area contributed by atoms with Crippen molar-refractivity contribution in [2.24, 2.45) is 0 Å². The lowest BCUT2D eigenvalue weighted by atomic mass is 10.1. The fourth-order valence-electron chi connectivity index (χ4n) is 3.96. The molecule has 0 radical (unpaired) electrons. The zero-order chi connectivity index (χ0) is 26.2. The Morgan fingerprint density at radius 1 is 0.857 bits per heavy atom. The summed E-state index contributed by atoms with van der Waals surface area (Å²) in [4.78, 5) is 11.5. The maximum absolute atomic E-state index is 11.5. The molecule has 0 spiro atoms. The van der Waals surface area contributed by atoms with Crippen LogP contribution in [0.5, 0.6) is 0 Å². The summed E-state index contributed by atoms with van der Waals surface area (Å²) in [5.41, 5.74) is -2.44. The Morgan fingerprint density at radius 3 is 1.94 bits per heavy atom. The van der Waals surface area contributed by atoms with Crippen LogP contribution in [-0.4, -0.2) is 54.0 Å². The molecule has 35 heavy (non-hydrogen) atoms. The minimum absolute atomic E-state index is 0.0564. The molecule has 0 aliphatic rings. The van der Waals surface area contributed by atoms with Gasteiger partial charge in [0.2, 0.25) is 8.46 Å². The fourth-order valence-corrected chi connectivity index (χ4v) is 5.62. The van der Waals surface area contributed by atoms with Gasteiger partial charge >= 0.3 is 11.5 Å². The number of carbonyl (C=O) groups excluding carboxylic acids is 1. The van der Waals surface area contributed by atoms with Crippen molar-refractivity contribution >= 4 is 26.2 Å². The van der Waals surface area contributed by atoms with Crippen molar-refractivity contribution in [1.82, 2.24) is 0 Å². The number of esters is 1. The summed E-state index contributed by atoms with van der Waals surface area (Å²) >= 11 is 2.05. The molecule has 3 unspecified atom stereocenters. The number of methoxy groups -OCH3 is 1. The summed E-state index contributed by atoms with van der Waals surface area (Å²) in [6.45, 7) is 7.16. The monoisotopic (exact) mass is 536 g/mol. The molecule has 0 saturated carbocycles. The van der Waals surface area contributed by atoms with Crippen LogP contribution in [0.4, 0.5) is 0 Å². The van der Waals surface area contributed by atoms with Gasteiger partial charge in [-0.05, 0) is 31.9 Å². The van der Waals surface area contributed by atoms with E-state index in [9.17, 15) is 14.5 Å². The highest BCUT2D eigenvalue weighted by molar-refractivity contribution is 7.99. The molecule has 0 aromatic heterocycles. The van der Waals surface area contributed by atoms with Gasteiger partial charge in [-0.15, -0.1) is 0 Å². The third-order valence-electron chi connectivity index (χ3n) is 6.24. The largest absolute Gasteiger partial charge is 0.464 e. The molecule has 0 aliphatic heterocycles. The van der Waals surface area contributed by atoms with E-state index in [1.807, 2.05) is 11.8 Å². The van der Waals surface area contributed by atoms with Crippen LogP contribution in [0.2, 0.25) is 0 Å². The summed E-state index contributed by atoms with van der Waals surface area (Å²) in [5.74, 6) is 0.112. The van der Waals surface area contributed by atoms with E-state index in [1.165, 1.54) is 102 Å². The fraction of sp³-hybridized carbons (Fsp3) is 0.963. The second-order valence-corrected chi connectivity index (χ2v) is 11.5. The van der Waals surface area contributed by atoms with E-state index in [1.54, 1.807) is 0 Å². The molecule has 208 valence electrons. The highest BCUT2D eigenvalue weighted by atomic mass is 32.2. The van der Waals surface area contributed by atoms with Crippen LogP contribution >= 0.6 is 20.2 Å². The maximum atomic E-state index is 11.5. The van der Waals surface area contributed by atoms with E-state index in [2.05, 4.69) is 25.5 Å². The van der Waals surface area contributed by atoms with Gasteiger partial charge in [-0.25, -0.2) is 4.79 Å². The molecule has 1 N–H and O–H groups in total. The Balaban J connectivity index is 4.25. The Hall–Kier alpha value is -0.200. The Morgan fingerprint density at radius 2 is 1.40 bits per heavy atom. The van der Waals surface area contributed by atoms with Crippen molar-refractivity contribution in [2.45, 2.75) is 140 Å². The van der Waals surface area contributed by atoms with Crippen LogP contribution in [0, 0.1) is 0 Å². The molecule has 8 heteroatoms. The molecule has 0 amide bonds. The van der Waals surface area contributed by atoms with Crippen LogP contribution in [0.15, 0.2) is 0 Å². The minimum atomic E-state index is -2.44. The lowest BCUT2D eigenvalue weighted by molar-refractivity contribution is -0.193. The highest BCUT2D eigenvalue weighted by Crippen LogP contribution is 2.26. The average molecular weight is 537 g/mol. The van der Waals surface area contributed by atoms with E-state index >= 15 is 0 Å². The van der Waals surface area contributed by atoms with Gasteiger partial charge in [0.15, 0.2) is 0 Å². The van der Waals surface area contributed by atoms with E-state index in [-0.39, 0.29) is 12.7 Å². The SMILES string of the molecule is CCCCCCCCCCCSC(CCCCCCC)C(C)OCCCOC(O)(P=O)C(=O)OC. The summed E-state index contributed by atoms with van der Waals surface area (Å²) in [6, 6.07) is 0. The van der Waals surface area contributed by atoms with Gasteiger partial charge in [-0.3, -0.25) is 4.57 Å². The van der Waals surface area contributed by atoms with E-state index < -0.39 is 20.0 Å². The first-order valence-electron chi connectivity index (χ1n) is 14.0. The first-order chi connectivity index (χ1) is 16.9. The molecule has 6 nitrogen and oxygen atoms in total. The molecule has 0 rings (SSSR count). The predicted octanol–water partition coefficient (Wildman–Crippen LogP) is 7.90. The smallest absolute Gasteiger partial charge is 0.379 e. The Labute approximate surface area is 221 Å². The van der Waals surface area contributed by atoms with Crippen LogP contribution in [-0.2, 0) is 23.6 Å². The van der Waals surface area contributed by atoms with E-state index in [0.717, 1.165) is 7.11 Å². The zero-order valence-electron chi connectivity index (χ0n) is 22.9. The first kappa shape index (κ1) is 34.8. The first-order valence-corrected chi connectivity index (χ1v) is 15.8. The van der Waals surface area contributed by atoms with Gasteiger partial charge in [-0.1, -0.05) is 97.3 Å².